The average molecular weight is 415 g/mol. The van der Waals surface area contributed by atoms with E-state index >= 15 is 0 Å². The Kier molecular flexibility index (Phi) is 9.63. The van der Waals surface area contributed by atoms with Crippen LogP contribution in [-0.4, -0.2) is 56.4 Å². The van der Waals surface area contributed by atoms with E-state index in [4.69, 9.17) is 9.47 Å². The van der Waals surface area contributed by atoms with Crippen LogP contribution in [0.4, 0.5) is 5.69 Å². The normalized spacial score (nSPS) is 11.4. The number of nitrogens with one attached hydrogen (secondary N) is 3. The van der Waals surface area contributed by atoms with E-state index in [2.05, 4.69) is 16.0 Å². The summed E-state index contributed by atoms with van der Waals surface area (Å²) >= 11 is 0. The fourth-order valence-corrected chi connectivity index (χ4v) is 2.70. The molecule has 0 radical (unpaired) electrons. The van der Waals surface area contributed by atoms with Crippen LogP contribution in [0.3, 0.4) is 0 Å². The van der Waals surface area contributed by atoms with Crippen molar-refractivity contribution in [2.24, 2.45) is 0 Å². The van der Waals surface area contributed by atoms with Crippen LogP contribution < -0.4 is 25.4 Å². The summed E-state index contributed by atoms with van der Waals surface area (Å²) < 4.78 is 10.8. The average Bonchev–Trinajstić information content (AvgIpc) is 2.73. The zero-order valence-corrected chi connectivity index (χ0v) is 17.3. The molecule has 8 heteroatoms. The SMILES string of the molecule is COc1ccccc1OCC(O)CNCCNC(=O)Cc1ccc(NC(C)=O)cc1. The Morgan fingerprint density at radius 1 is 1.03 bits per heavy atom. The van der Waals surface area contributed by atoms with E-state index < -0.39 is 6.10 Å². The van der Waals surface area contributed by atoms with Gasteiger partial charge in [0, 0.05) is 32.2 Å². The summed E-state index contributed by atoms with van der Waals surface area (Å²) in [6.45, 7) is 2.90. The number of hydrogen-bond acceptors (Lipinski definition) is 6. The molecule has 2 aromatic rings. The number of aliphatic hydroxyl groups excluding tert-OH is 1. The van der Waals surface area contributed by atoms with Gasteiger partial charge in [-0.2, -0.15) is 0 Å². The lowest BCUT2D eigenvalue weighted by molar-refractivity contribution is -0.120. The van der Waals surface area contributed by atoms with E-state index in [0.717, 1.165) is 5.56 Å². The van der Waals surface area contributed by atoms with Crippen molar-refractivity contribution in [1.82, 2.24) is 10.6 Å². The van der Waals surface area contributed by atoms with Gasteiger partial charge in [0.1, 0.15) is 12.7 Å². The van der Waals surface area contributed by atoms with Crippen molar-refractivity contribution in [2.75, 3.05) is 38.7 Å². The molecule has 1 unspecified atom stereocenters. The Bertz CT molecular complexity index is 811. The zero-order chi connectivity index (χ0) is 21.8. The number of hydrogen-bond donors (Lipinski definition) is 4. The molecule has 2 amide bonds. The second kappa shape index (κ2) is 12.5. The quantitative estimate of drug-likeness (QED) is 0.390. The second-order valence-corrected chi connectivity index (χ2v) is 6.72. The molecule has 2 rings (SSSR count). The highest BCUT2D eigenvalue weighted by molar-refractivity contribution is 5.88. The van der Waals surface area contributed by atoms with Crippen molar-refractivity contribution in [2.45, 2.75) is 19.4 Å². The smallest absolute Gasteiger partial charge is 0.224 e. The Hall–Kier alpha value is -3.10. The van der Waals surface area contributed by atoms with Crippen molar-refractivity contribution < 1.29 is 24.2 Å². The molecule has 0 aliphatic rings. The van der Waals surface area contributed by atoms with Crippen LogP contribution >= 0.6 is 0 Å². The number of carbonyl (C=O) groups excluding carboxylic acids is 2. The summed E-state index contributed by atoms with van der Waals surface area (Å²) in [7, 11) is 1.56. The van der Waals surface area contributed by atoms with Gasteiger partial charge >= 0.3 is 0 Å². The Morgan fingerprint density at radius 2 is 1.73 bits per heavy atom. The Morgan fingerprint density at radius 3 is 2.40 bits per heavy atom. The molecule has 0 aliphatic heterocycles. The monoisotopic (exact) mass is 415 g/mol. The number of rotatable bonds is 12. The van der Waals surface area contributed by atoms with E-state index in [1.54, 1.807) is 43.5 Å². The first-order valence-corrected chi connectivity index (χ1v) is 9.75. The lowest BCUT2D eigenvalue weighted by atomic mass is 10.1. The van der Waals surface area contributed by atoms with Gasteiger partial charge in [-0.05, 0) is 29.8 Å². The number of anilines is 1. The first kappa shape index (κ1) is 23.2. The maximum atomic E-state index is 12.0. The molecular weight excluding hydrogens is 386 g/mol. The highest BCUT2D eigenvalue weighted by atomic mass is 16.5. The standard InChI is InChI=1S/C22H29N3O5/c1-16(26)25-18-9-7-17(8-10-18)13-22(28)24-12-11-23-14-19(27)15-30-21-6-4-3-5-20(21)29-2/h3-10,19,23,27H,11-15H2,1-2H3,(H,24,28)(H,25,26). The summed E-state index contributed by atoms with van der Waals surface area (Å²) in [5.74, 6) is 0.968. The Balaban J connectivity index is 1.58. The van der Waals surface area contributed by atoms with Gasteiger partial charge < -0.3 is 30.5 Å². The molecular formula is C22H29N3O5. The van der Waals surface area contributed by atoms with Crippen LogP contribution in [0, 0.1) is 0 Å². The van der Waals surface area contributed by atoms with Gasteiger partial charge in [0.15, 0.2) is 11.5 Å². The fraction of sp³-hybridized carbons (Fsp3) is 0.364. The fourth-order valence-electron chi connectivity index (χ4n) is 2.70. The predicted molar refractivity (Wildman–Crippen MR) is 115 cm³/mol. The molecule has 30 heavy (non-hydrogen) atoms. The molecule has 162 valence electrons. The van der Waals surface area contributed by atoms with E-state index in [1.807, 2.05) is 12.1 Å². The molecule has 0 saturated heterocycles. The second-order valence-electron chi connectivity index (χ2n) is 6.72. The minimum atomic E-state index is -0.687. The van der Waals surface area contributed by atoms with E-state index in [-0.39, 0.29) is 24.8 Å². The van der Waals surface area contributed by atoms with Crippen LogP contribution in [0.15, 0.2) is 48.5 Å². The van der Waals surface area contributed by atoms with Gasteiger partial charge in [-0.1, -0.05) is 24.3 Å². The van der Waals surface area contributed by atoms with Crippen LogP contribution in [0.25, 0.3) is 0 Å². The first-order chi connectivity index (χ1) is 14.5. The maximum Gasteiger partial charge on any atom is 0.224 e. The van der Waals surface area contributed by atoms with E-state index in [1.165, 1.54) is 6.92 Å². The van der Waals surface area contributed by atoms with Crippen LogP contribution in [0.1, 0.15) is 12.5 Å². The highest BCUT2D eigenvalue weighted by Crippen LogP contribution is 2.25. The van der Waals surface area contributed by atoms with Gasteiger partial charge in [-0.3, -0.25) is 9.59 Å². The topological polar surface area (TPSA) is 109 Å². The molecule has 2 aromatic carbocycles. The lowest BCUT2D eigenvalue weighted by Gasteiger charge is -2.15. The van der Waals surface area contributed by atoms with Crippen LogP contribution in [-0.2, 0) is 16.0 Å². The van der Waals surface area contributed by atoms with Gasteiger partial charge in [0.25, 0.3) is 0 Å². The van der Waals surface area contributed by atoms with Crippen LogP contribution in [0.5, 0.6) is 11.5 Å². The number of ether oxygens (including phenoxy) is 2. The number of amides is 2. The van der Waals surface area contributed by atoms with E-state index in [9.17, 15) is 14.7 Å². The first-order valence-electron chi connectivity index (χ1n) is 9.75. The van der Waals surface area contributed by atoms with Crippen molar-refractivity contribution >= 4 is 17.5 Å². The molecule has 0 bridgehead atoms. The molecule has 1 atom stereocenters. The molecule has 0 aliphatic carbocycles. The summed E-state index contributed by atoms with van der Waals surface area (Å²) in [6, 6.07) is 14.4. The molecule has 0 heterocycles. The largest absolute Gasteiger partial charge is 0.493 e. The van der Waals surface area contributed by atoms with E-state index in [0.29, 0.717) is 36.8 Å². The Labute approximate surface area is 176 Å². The third kappa shape index (κ3) is 8.50. The zero-order valence-electron chi connectivity index (χ0n) is 17.3. The summed E-state index contributed by atoms with van der Waals surface area (Å²) in [6.07, 6.45) is -0.428. The van der Waals surface area contributed by atoms with Gasteiger partial charge in [0.05, 0.1) is 13.5 Å². The lowest BCUT2D eigenvalue weighted by Crippen LogP contribution is -2.37. The van der Waals surface area contributed by atoms with Crippen molar-refractivity contribution in [3.05, 3.63) is 54.1 Å². The minimum Gasteiger partial charge on any atom is -0.493 e. The van der Waals surface area contributed by atoms with Crippen LogP contribution in [0.2, 0.25) is 0 Å². The predicted octanol–water partition coefficient (Wildman–Crippen LogP) is 1.34. The van der Waals surface area contributed by atoms with Crippen molar-refractivity contribution in [3.63, 3.8) is 0 Å². The summed E-state index contributed by atoms with van der Waals surface area (Å²) in [5.41, 5.74) is 1.56. The molecule has 8 nitrogen and oxygen atoms in total. The van der Waals surface area contributed by atoms with Crippen molar-refractivity contribution in [1.29, 1.82) is 0 Å². The number of aliphatic hydroxyl groups is 1. The van der Waals surface area contributed by atoms with Gasteiger partial charge in [-0.25, -0.2) is 0 Å². The molecule has 0 fully saturated rings. The van der Waals surface area contributed by atoms with Crippen molar-refractivity contribution in [3.8, 4) is 11.5 Å². The number of carbonyl (C=O) groups is 2. The van der Waals surface area contributed by atoms with Gasteiger partial charge in [0.2, 0.25) is 11.8 Å². The third-order valence-electron chi connectivity index (χ3n) is 4.14. The number of benzene rings is 2. The molecule has 0 spiro atoms. The molecule has 4 N–H and O–H groups in total. The number of para-hydroxylation sites is 2. The third-order valence-corrected chi connectivity index (χ3v) is 4.14. The number of methoxy groups -OCH3 is 1. The summed E-state index contributed by atoms with van der Waals surface area (Å²) in [5, 5.41) is 18.6. The highest BCUT2D eigenvalue weighted by Gasteiger charge is 2.08. The molecule has 0 saturated carbocycles. The summed E-state index contributed by atoms with van der Waals surface area (Å²) in [4.78, 5) is 23.0. The molecule has 0 aromatic heterocycles. The maximum absolute atomic E-state index is 12.0. The minimum absolute atomic E-state index is 0.0934. The van der Waals surface area contributed by atoms with Gasteiger partial charge in [-0.15, -0.1) is 0 Å².